The maximum atomic E-state index is 13.8. The van der Waals surface area contributed by atoms with E-state index in [9.17, 15) is 47.9 Å². The first-order valence-electron chi connectivity index (χ1n) is 35.0. The summed E-state index contributed by atoms with van der Waals surface area (Å²) in [6.45, 7) is 13.1. The van der Waals surface area contributed by atoms with Crippen molar-refractivity contribution < 1.29 is 47.9 Å². The number of carbonyl (C=O) groups is 10. The minimum absolute atomic E-state index is 0.0122. The van der Waals surface area contributed by atoms with E-state index in [2.05, 4.69) is 115 Å². The van der Waals surface area contributed by atoms with Crippen molar-refractivity contribution in [1.29, 1.82) is 0 Å². The number of unbranched alkanes of at least 4 members (excludes halogenated alkanes) is 18. The highest BCUT2D eigenvalue weighted by molar-refractivity contribution is 8.77. The minimum Gasteiger partial charge on any atom is -0.370 e. The van der Waals surface area contributed by atoms with E-state index in [0.29, 0.717) is 0 Å². The van der Waals surface area contributed by atoms with E-state index >= 15 is 0 Å². The van der Waals surface area contributed by atoms with Crippen LogP contribution in [-0.2, 0) is 47.9 Å². The number of nitrogens with zero attached hydrogens (tertiary/aromatic N) is 4. The standard InChI is InChI=1S/C65H120N16O10S6/c1-7-10-13-16-19-22-25-28-50(4)41-74-79-60(87)47-95-92-44-57(84)70-37-35-68-55(82)33-31-53(63(90)73-40-39-72-59(86)46-94-97-49-62(89)81-76-43-52(6)30-27-24-21-18-15-12-9-3)77-64(91)54(78-65(66)67)32-34-56(83)69-36-38-71-58(85)45-93-96-48-61(88)80-75-42-51(5)29-26-23-20-17-14-11-8-2/h41-43,50-54H,7-40,44-49H2,1-6H3,(H,68,82)(H,69,83)(H,70,84)(H,71,85)(H,72,86)(H,73,90)(H,77,91)(H,79,87)(H,80,88)(H,81,89)(H4,66,67,78)/b74-41-,75-42-,76-43-/t50?,51?,52?,53-,54-/m0/s1. The van der Waals surface area contributed by atoms with Crippen molar-refractivity contribution in [3.8, 4) is 0 Å². The average Bonchev–Trinajstić information content (AvgIpc) is 1.19. The molecule has 0 fully saturated rings. The lowest BCUT2D eigenvalue weighted by molar-refractivity contribution is -0.130. The molecule has 3 unspecified atom stereocenters. The second-order valence-electron chi connectivity index (χ2n) is 23.9. The third kappa shape index (κ3) is 61.9. The summed E-state index contributed by atoms with van der Waals surface area (Å²) in [6, 6.07) is -2.64. The van der Waals surface area contributed by atoms with E-state index in [1.54, 1.807) is 18.6 Å². The van der Waals surface area contributed by atoms with Gasteiger partial charge in [-0.2, -0.15) is 15.3 Å². The second kappa shape index (κ2) is 65.7. The third-order valence-electron chi connectivity index (χ3n) is 14.6. The van der Waals surface area contributed by atoms with Crippen LogP contribution in [0, 0.1) is 17.8 Å². The summed E-state index contributed by atoms with van der Waals surface area (Å²) < 4.78 is 0. The molecule has 0 radical (unpaired) electrons. The predicted octanol–water partition coefficient (Wildman–Crippen LogP) is 8.15. The Hall–Kier alpha value is -4.92. The molecule has 0 spiro atoms. The van der Waals surface area contributed by atoms with Gasteiger partial charge < -0.3 is 48.7 Å². The highest BCUT2D eigenvalue weighted by Crippen LogP contribution is 2.22. The summed E-state index contributed by atoms with van der Waals surface area (Å²) in [7, 11) is 7.20. The largest absolute Gasteiger partial charge is 0.370 e. The smallest absolute Gasteiger partial charge is 0.250 e. The van der Waals surface area contributed by atoms with Gasteiger partial charge in [-0.3, -0.25) is 47.9 Å². The second-order valence-corrected chi connectivity index (χ2v) is 31.3. The van der Waals surface area contributed by atoms with Crippen LogP contribution in [0.25, 0.3) is 0 Å². The van der Waals surface area contributed by atoms with Crippen molar-refractivity contribution in [3.05, 3.63) is 0 Å². The Labute approximate surface area is 602 Å². The van der Waals surface area contributed by atoms with Gasteiger partial charge in [-0.25, -0.2) is 21.3 Å². The molecule has 556 valence electrons. The van der Waals surface area contributed by atoms with Crippen LogP contribution in [0.5, 0.6) is 0 Å². The zero-order valence-corrected chi connectivity index (χ0v) is 63.8. The lowest BCUT2D eigenvalue weighted by atomic mass is 10.0. The van der Waals surface area contributed by atoms with E-state index in [4.69, 9.17) is 11.5 Å². The Morgan fingerprint density at radius 2 is 0.619 bits per heavy atom. The third-order valence-corrected chi connectivity index (χ3v) is 21.0. The first-order valence-corrected chi connectivity index (χ1v) is 42.5. The molecular weight excluding hydrogens is 1360 g/mol. The van der Waals surface area contributed by atoms with Crippen LogP contribution >= 0.6 is 64.8 Å². The number of aliphatic imine (C=N–C) groups is 1. The Kier molecular flexibility index (Phi) is 62.3. The van der Waals surface area contributed by atoms with Crippen molar-refractivity contribution in [2.45, 2.75) is 233 Å². The number of hydrazone groups is 3. The summed E-state index contributed by atoms with van der Waals surface area (Å²) in [5.74, 6) is -3.58. The molecule has 0 saturated heterocycles. The van der Waals surface area contributed by atoms with Gasteiger partial charge in [-0.05, 0) is 49.9 Å². The summed E-state index contributed by atoms with van der Waals surface area (Å²) >= 11 is 0. The monoisotopic (exact) mass is 1480 g/mol. The minimum atomic E-state index is -1.33. The van der Waals surface area contributed by atoms with Crippen molar-refractivity contribution >= 4 is 148 Å². The van der Waals surface area contributed by atoms with Crippen molar-refractivity contribution in [2.24, 2.45) is 49.5 Å². The number of nitrogens with two attached hydrogens (primary N) is 2. The van der Waals surface area contributed by atoms with Crippen LogP contribution < -0.4 is 65.0 Å². The van der Waals surface area contributed by atoms with Crippen molar-refractivity contribution in [3.63, 3.8) is 0 Å². The van der Waals surface area contributed by atoms with Gasteiger partial charge in [0.05, 0.1) is 34.5 Å². The summed E-state index contributed by atoms with van der Waals surface area (Å²) in [4.78, 5) is 132. The first-order chi connectivity index (χ1) is 46.8. The molecule has 0 aromatic rings. The summed E-state index contributed by atoms with van der Waals surface area (Å²) in [5, 5.41) is 30.9. The Morgan fingerprint density at radius 1 is 0.340 bits per heavy atom. The predicted molar refractivity (Wildman–Crippen MR) is 408 cm³/mol. The number of carbonyl (C=O) groups excluding carboxylic acids is 10. The van der Waals surface area contributed by atoms with E-state index in [-0.39, 0.29) is 153 Å². The molecule has 32 heteroatoms. The molecule has 0 aliphatic rings. The number of rotatable bonds is 64. The fourth-order valence-electron chi connectivity index (χ4n) is 9.03. The van der Waals surface area contributed by atoms with Crippen LogP contribution in [0.4, 0.5) is 0 Å². The fourth-order valence-corrected chi connectivity index (χ4v) is 14.1. The molecule has 0 heterocycles. The van der Waals surface area contributed by atoms with Crippen LogP contribution in [0.3, 0.4) is 0 Å². The van der Waals surface area contributed by atoms with Gasteiger partial charge in [-0.15, -0.1) is 0 Å². The Bertz CT molecular complexity index is 2310. The van der Waals surface area contributed by atoms with Crippen LogP contribution in [0.2, 0.25) is 0 Å². The van der Waals surface area contributed by atoms with Crippen LogP contribution in [0.15, 0.2) is 20.3 Å². The highest BCUT2D eigenvalue weighted by Gasteiger charge is 2.27. The number of nitrogens with one attached hydrogen (secondary N) is 10. The molecule has 97 heavy (non-hydrogen) atoms. The Balaban J connectivity index is 5.20. The van der Waals surface area contributed by atoms with E-state index in [1.165, 1.54) is 180 Å². The van der Waals surface area contributed by atoms with Crippen molar-refractivity contribution in [2.75, 3.05) is 73.8 Å². The van der Waals surface area contributed by atoms with E-state index in [1.807, 2.05) is 0 Å². The SMILES string of the molecule is CCCCCCCCCC(C)/C=N\NC(=O)CSSCC(=O)NCCNC(=O)CC[C@H](N=C(N)N)C(=O)N[C@@H](CCC(=O)NCCNC(=O)CSSCC(=O)N/N=C\C(C)CCCCCCCCC)C(=O)NCCNC(=O)CSSCC(=O)N/N=C\C(C)CCCCCCCCC. The highest BCUT2D eigenvalue weighted by atomic mass is 33.1. The zero-order chi connectivity index (χ0) is 71.8. The molecule has 26 nitrogen and oxygen atoms in total. The van der Waals surface area contributed by atoms with Gasteiger partial charge in [0.25, 0.3) is 17.7 Å². The maximum Gasteiger partial charge on any atom is 0.250 e. The van der Waals surface area contributed by atoms with E-state index < -0.39 is 41.7 Å². The number of hydrogen-bond donors (Lipinski definition) is 12. The average molecular weight is 1480 g/mol. The molecule has 0 aromatic carbocycles. The quantitative estimate of drug-likeness (QED) is 0.00898. The number of amides is 10. The van der Waals surface area contributed by atoms with E-state index in [0.717, 1.165) is 38.5 Å². The molecular formula is C65H120N16O10S6. The molecule has 5 atom stereocenters. The van der Waals surface area contributed by atoms with Gasteiger partial charge in [0, 0.05) is 70.8 Å². The fraction of sp³-hybridized carbons (Fsp3) is 0.785. The lowest BCUT2D eigenvalue weighted by Gasteiger charge is -2.21. The molecule has 0 bridgehead atoms. The molecule has 0 saturated carbocycles. The normalized spacial score (nSPS) is 12.8. The lowest BCUT2D eigenvalue weighted by Crippen LogP contribution is -2.51. The summed E-state index contributed by atoms with van der Waals surface area (Å²) in [6.07, 6.45) is 33.3. The zero-order valence-electron chi connectivity index (χ0n) is 58.9. The van der Waals surface area contributed by atoms with Gasteiger partial charge in [-0.1, -0.05) is 241 Å². The number of guanidine groups is 1. The molecule has 14 N–H and O–H groups in total. The van der Waals surface area contributed by atoms with Gasteiger partial charge >= 0.3 is 0 Å². The first kappa shape index (κ1) is 92.1. The maximum absolute atomic E-state index is 13.8. The Morgan fingerprint density at radius 3 is 0.938 bits per heavy atom. The molecule has 0 aliphatic carbocycles. The van der Waals surface area contributed by atoms with Crippen LogP contribution in [-0.4, -0.2) is 170 Å². The topological polar surface area (TPSA) is 392 Å². The van der Waals surface area contributed by atoms with Gasteiger partial charge in [0.2, 0.25) is 41.4 Å². The molecule has 0 aromatic heterocycles. The van der Waals surface area contributed by atoms with Gasteiger partial charge in [0.15, 0.2) is 5.96 Å². The molecule has 10 amide bonds. The van der Waals surface area contributed by atoms with Crippen molar-refractivity contribution in [1.82, 2.24) is 53.5 Å². The summed E-state index contributed by atoms with van der Waals surface area (Å²) in [5.41, 5.74) is 19.0. The molecule has 0 rings (SSSR count). The number of hydrogen-bond acceptors (Lipinski definition) is 20. The van der Waals surface area contributed by atoms with Gasteiger partial charge in [0.1, 0.15) is 12.1 Å². The molecule has 0 aliphatic heterocycles. The van der Waals surface area contributed by atoms with Crippen LogP contribution in [0.1, 0.15) is 221 Å².